The Bertz CT molecular complexity index is 1080. The van der Waals surface area contributed by atoms with Crippen molar-refractivity contribution in [3.05, 3.63) is 40.3 Å². The summed E-state index contributed by atoms with van der Waals surface area (Å²) < 4.78 is 17.1. The minimum atomic E-state index is -0.0176. The fourth-order valence-electron chi connectivity index (χ4n) is 3.73. The molecule has 0 saturated heterocycles. The van der Waals surface area contributed by atoms with Crippen molar-refractivity contribution in [2.45, 2.75) is 37.8 Å². The van der Waals surface area contributed by atoms with Gasteiger partial charge in [-0.1, -0.05) is 18.7 Å². The predicted molar refractivity (Wildman–Crippen MR) is 116 cm³/mol. The quantitative estimate of drug-likeness (QED) is 0.404. The van der Waals surface area contributed by atoms with Gasteiger partial charge in [0.2, 0.25) is 0 Å². The Morgan fingerprint density at radius 1 is 1.20 bits per heavy atom. The SMILES string of the molecule is C[C@@H]1CCc2sc(-c3nnc(SCC(=O)c4ccc5c(c4)OCCCO5)o3)cc2C1. The lowest BCUT2D eigenvalue weighted by Crippen LogP contribution is -2.07. The molecule has 6 nitrogen and oxygen atoms in total. The van der Waals surface area contributed by atoms with Gasteiger partial charge in [0.15, 0.2) is 17.3 Å². The molecule has 0 radical (unpaired) electrons. The number of carbonyl (C=O) groups is 1. The van der Waals surface area contributed by atoms with Gasteiger partial charge in [-0.2, -0.15) is 0 Å². The molecule has 1 aromatic carbocycles. The van der Waals surface area contributed by atoms with Crippen LogP contribution in [-0.4, -0.2) is 34.9 Å². The van der Waals surface area contributed by atoms with E-state index in [4.69, 9.17) is 13.9 Å². The Kier molecular flexibility index (Phi) is 5.52. The van der Waals surface area contributed by atoms with Gasteiger partial charge in [-0.15, -0.1) is 21.5 Å². The third-order valence-corrected chi connectivity index (χ3v) is 7.39. The lowest BCUT2D eigenvalue weighted by molar-refractivity contribution is 0.102. The Morgan fingerprint density at radius 2 is 2.07 bits per heavy atom. The number of hydrogen-bond acceptors (Lipinski definition) is 8. The van der Waals surface area contributed by atoms with Crippen LogP contribution >= 0.6 is 23.1 Å². The normalized spacial score (nSPS) is 18.0. The first kappa shape index (κ1) is 19.6. The highest BCUT2D eigenvalue weighted by Crippen LogP contribution is 2.37. The predicted octanol–water partition coefficient (Wildman–Crippen LogP) is 5.06. The van der Waals surface area contributed by atoms with Gasteiger partial charge in [-0.3, -0.25) is 4.79 Å². The van der Waals surface area contributed by atoms with Crippen LogP contribution in [0.15, 0.2) is 33.9 Å². The minimum Gasteiger partial charge on any atom is -0.490 e. The van der Waals surface area contributed by atoms with Crippen LogP contribution in [0, 0.1) is 5.92 Å². The maximum Gasteiger partial charge on any atom is 0.277 e. The molecule has 0 amide bonds. The topological polar surface area (TPSA) is 74.5 Å². The maximum absolute atomic E-state index is 12.6. The molecular formula is C22H22N2O4S2. The number of carbonyl (C=O) groups excluding carboxylic acids is 1. The van der Waals surface area contributed by atoms with Gasteiger partial charge in [0.05, 0.1) is 23.8 Å². The summed E-state index contributed by atoms with van der Waals surface area (Å²) >= 11 is 3.00. The monoisotopic (exact) mass is 442 g/mol. The first-order valence-electron chi connectivity index (χ1n) is 10.2. The van der Waals surface area contributed by atoms with E-state index in [9.17, 15) is 4.79 Å². The maximum atomic E-state index is 12.6. The van der Waals surface area contributed by atoms with E-state index in [2.05, 4.69) is 23.2 Å². The third-order valence-electron chi connectivity index (χ3n) is 5.34. The van der Waals surface area contributed by atoms with Crippen molar-refractivity contribution < 1.29 is 18.7 Å². The molecule has 0 N–H and O–H groups in total. The first-order chi connectivity index (χ1) is 14.7. The Hall–Kier alpha value is -2.32. The van der Waals surface area contributed by atoms with Gasteiger partial charge in [0.25, 0.3) is 11.1 Å². The van der Waals surface area contributed by atoms with Crippen LogP contribution < -0.4 is 9.47 Å². The number of hydrogen-bond donors (Lipinski definition) is 0. The van der Waals surface area contributed by atoms with Gasteiger partial charge >= 0.3 is 0 Å². The second-order valence-electron chi connectivity index (χ2n) is 7.70. The summed E-state index contributed by atoms with van der Waals surface area (Å²) in [6.07, 6.45) is 4.31. The molecule has 156 valence electrons. The molecule has 1 aliphatic heterocycles. The van der Waals surface area contributed by atoms with E-state index in [1.807, 2.05) is 0 Å². The van der Waals surface area contributed by atoms with Gasteiger partial charge in [-0.05, 0) is 55.0 Å². The molecule has 1 atom stereocenters. The lowest BCUT2D eigenvalue weighted by atomic mass is 9.90. The molecule has 0 fully saturated rings. The highest BCUT2D eigenvalue weighted by molar-refractivity contribution is 7.99. The van der Waals surface area contributed by atoms with Crippen LogP contribution in [0.4, 0.5) is 0 Å². The van der Waals surface area contributed by atoms with Gasteiger partial charge in [0.1, 0.15) is 0 Å². The molecule has 2 aromatic heterocycles. The number of fused-ring (bicyclic) bond motifs is 2. The number of ether oxygens (including phenoxy) is 2. The average Bonchev–Trinajstić information content (AvgIpc) is 3.32. The molecule has 2 aliphatic rings. The number of thioether (sulfide) groups is 1. The molecular weight excluding hydrogens is 420 g/mol. The smallest absolute Gasteiger partial charge is 0.277 e. The van der Waals surface area contributed by atoms with Crippen molar-refractivity contribution in [2.75, 3.05) is 19.0 Å². The van der Waals surface area contributed by atoms with E-state index in [-0.39, 0.29) is 11.5 Å². The number of benzene rings is 1. The number of thiophene rings is 1. The van der Waals surface area contributed by atoms with Crippen molar-refractivity contribution >= 4 is 28.9 Å². The second kappa shape index (κ2) is 8.43. The standard InChI is InChI=1S/C22H22N2O4S2/c1-13-3-6-19-15(9-13)11-20(30-19)21-23-24-22(28-21)29-12-16(25)14-4-5-17-18(10-14)27-8-2-7-26-17/h4-5,10-11,13H,2-3,6-9,12H2,1H3/t13-/m1/s1. The summed E-state index contributed by atoms with van der Waals surface area (Å²) in [5.74, 6) is 2.78. The molecule has 3 aromatic rings. The van der Waals surface area contributed by atoms with Gasteiger partial charge < -0.3 is 13.9 Å². The van der Waals surface area contributed by atoms with Crippen molar-refractivity contribution in [1.82, 2.24) is 10.2 Å². The fourth-order valence-corrected chi connectivity index (χ4v) is 5.51. The largest absolute Gasteiger partial charge is 0.490 e. The van der Waals surface area contributed by atoms with Crippen molar-refractivity contribution in [1.29, 1.82) is 0 Å². The number of aromatic nitrogens is 2. The summed E-state index contributed by atoms with van der Waals surface area (Å²) in [7, 11) is 0. The van der Waals surface area contributed by atoms with Crippen LogP contribution in [-0.2, 0) is 12.8 Å². The summed E-state index contributed by atoms with van der Waals surface area (Å²) in [6, 6.07) is 7.50. The second-order valence-corrected chi connectivity index (χ2v) is 9.77. The zero-order valence-electron chi connectivity index (χ0n) is 16.7. The molecule has 0 spiro atoms. The third kappa shape index (κ3) is 4.11. The zero-order chi connectivity index (χ0) is 20.5. The van der Waals surface area contributed by atoms with E-state index in [0.29, 0.717) is 41.4 Å². The first-order valence-corrected chi connectivity index (χ1v) is 12.0. The molecule has 5 rings (SSSR count). The number of Topliss-reactive ketones (excluding diaryl/α,β-unsaturated/α-hetero) is 1. The summed E-state index contributed by atoms with van der Waals surface area (Å²) in [5, 5.41) is 8.72. The average molecular weight is 443 g/mol. The van der Waals surface area contributed by atoms with Crippen LogP contribution in [0.5, 0.6) is 11.5 Å². The van der Waals surface area contributed by atoms with Crippen LogP contribution in [0.2, 0.25) is 0 Å². The molecule has 1 aliphatic carbocycles. The number of nitrogens with zero attached hydrogens (tertiary/aromatic N) is 2. The van der Waals surface area contributed by atoms with Gasteiger partial charge in [-0.25, -0.2) is 0 Å². The Morgan fingerprint density at radius 3 is 2.97 bits per heavy atom. The fraction of sp³-hybridized carbons (Fsp3) is 0.409. The van der Waals surface area contributed by atoms with Crippen LogP contribution in [0.1, 0.15) is 40.6 Å². The Balaban J connectivity index is 1.24. The van der Waals surface area contributed by atoms with E-state index in [1.165, 1.54) is 28.6 Å². The van der Waals surface area contributed by atoms with Gasteiger partial charge in [0, 0.05) is 16.9 Å². The van der Waals surface area contributed by atoms with Crippen molar-refractivity contribution in [2.24, 2.45) is 5.92 Å². The molecule has 30 heavy (non-hydrogen) atoms. The number of aryl methyl sites for hydroxylation is 1. The van der Waals surface area contributed by atoms with E-state index >= 15 is 0 Å². The van der Waals surface area contributed by atoms with E-state index in [0.717, 1.165) is 30.1 Å². The molecule has 8 heteroatoms. The summed E-state index contributed by atoms with van der Waals surface area (Å²) in [6.45, 7) is 3.51. The van der Waals surface area contributed by atoms with Crippen molar-refractivity contribution in [3.63, 3.8) is 0 Å². The van der Waals surface area contributed by atoms with E-state index < -0.39 is 0 Å². The summed E-state index contributed by atoms with van der Waals surface area (Å²) in [5.41, 5.74) is 2.00. The number of rotatable bonds is 5. The van der Waals surface area contributed by atoms with Crippen LogP contribution in [0.25, 0.3) is 10.8 Å². The lowest BCUT2D eigenvalue weighted by Gasteiger charge is -2.16. The summed E-state index contributed by atoms with van der Waals surface area (Å²) in [4.78, 5) is 15.1. The minimum absolute atomic E-state index is 0.0176. The molecule has 0 saturated carbocycles. The molecule has 0 unspecified atom stereocenters. The number of ketones is 1. The zero-order valence-corrected chi connectivity index (χ0v) is 18.3. The molecule has 3 heterocycles. The molecule has 0 bridgehead atoms. The highest BCUT2D eigenvalue weighted by atomic mass is 32.2. The highest BCUT2D eigenvalue weighted by Gasteiger charge is 2.21. The Labute approximate surface area is 183 Å². The van der Waals surface area contributed by atoms with Crippen LogP contribution in [0.3, 0.4) is 0 Å². The van der Waals surface area contributed by atoms with Crippen molar-refractivity contribution in [3.8, 4) is 22.3 Å². The van der Waals surface area contributed by atoms with E-state index in [1.54, 1.807) is 29.5 Å².